The number of carbonyl (C=O) groups is 1. The second-order valence-corrected chi connectivity index (χ2v) is 4.72. The number of hydrogen-bond acceptors (Lipinski definition) is 2. The lowest BCUT2D eigenvalue weighted by Gasteiger charge is -2.07. The Balaban J connectivity index is 2.01. The van der Waals surface area contributed by atoms with E-state index in [2.05, 4.69) is 5.32 Å². The average Bonchev–Trinajstić information content (AvgIpc) is 2.41. The Bertz CT molecular complexity index is 588. The van der Waals surface area contributed by atoms with E-state index in [4.69, 9.17) is 5.73 Å². The van der Waals surface area contributed by atoms with Crippen LogP contribution in [0, 0.1) is 13.8 Å². The van der Waals surface area contributed by atoms with Crippen LogP contribution in [0.1, 0.15) is 27.0 Å². The van der Waals surface area contributed by atoms with E-state index in [0.29, 0.717) is 12.1 Å². The van der Waals surface area contributed by atoms with Crippen LogP contribution in [0.4, 0.5) is 5.69 Å². The molecule has 0 bridgehead atoms. The van der Waals surface area contributed by atoms with Crippen LogP contribution in [-0.4, -0.2) is 5.91 Å². The molecular weight excluding hydrogens is 236 g/mol. The highest BCUT2D eigenvalue weighted by Crippen LogP contribution is 2.10. The van der Waals surface area contributed by atoms with Crippen LogP contribution in [0.25, 0.3) is 0 Å². The van der Waals surface area contributed by atoms with Crippen LogP contribution >= 0.6 is 0 Å². The van der Waals surface area contributed by atoms with E-state index in [1.54, 1.807) is 0 Å². The third-order valence-corrected chi connectivity index (χ3v) is 3.20. The summed E-state index contributed by atoms with van der Waals surface area (Å²) in [6.45, 7) is 4.55. The molecule has 0 aromatic heterocycles. The first kappa shape index (κ1) is 13.1. The third-order valence-electron chi connectivity index (χ3n) is 3.20. The van der Waals surface area contributed by atoms with Crippen LogP contribution in [0.5, 0.6) is 0 Å². The van der Waals surface area contributed by atoms with E-state index in [1.165, 1.54) is 5.56 Å². The minimum absolute atomic E-state index is 0.0556. The second kappa shape index (κ2) is 5.57. The Morgan fingerprint density at radius 1 is 1.05 bits per heavy atom. The van der Waals surface area contributed by atoms with Crippen molar-refractivity contribution in [1.82, 2.24) is 5.32 Å². The zero-order valence-corrected chi connectivity index (χ0v) is 11.2. The summed E-state index contributed by atoms with van der Waals surface area (Å²) >= 11 is 0. The van der Waals surface area contributed by atoms with Crippen molar-refractivity contribution in [2.24, 2.45) is 0 Å². The first-order valence-corrected chi connectivity index (χ1v) is 6.26. The number of rotatable bonds is 3. The molecule has 0 spiro atoms. The van der Waals surface area contributed by atoms with Gasteiger partial charge in [0, 0.05) is 17.8 Å². The maximum Gasteiger partial charge on any atom is 0.251 e. The lowest BCUT2D eigenvalue weighted by Crippen LogP contribution is -2.22. The molecule has 0 heterocycles. The van der Waals surface area contributed by atoms with Crippen molar-refractivity contribution in [3.63, 3.8) is 0 Å². The fourth-order valence-corrected chi connectivity index (χ4v) is 1.80. The zero-order chi connectivity index (χ0) is 13.8. The summed E-state index contributed by atoms with van der Waals surface area (Å²) in [6.07, 6.45) is 0. The topological polar surface area (TPSA) is 55.1 Å². The number of nitrogen functional groups attached to an aromatic ring is 1. The van der Waals surface area contributed by atoms with Crippen molar-refractivity contribution >= 4 is 11.6 Å². The molecule has 0 saturated heterocycles. The lowest BCUT2D eigenvalue weighted by molar-refractivity contribution is 0.0951. The second-order valence-electron chi connectivity index (χ2n) is 4.72. The molecule has 19 heavy (non-hydrogen) atoms. The smallest absolute Gasteiger partial charge is 0.251 e. The number of nitrogens with two attached hydrogens (primary N) is 1. The van der Waals surface area contributed by atoms with Crippen LogP contribution in [-0.2, 0) is 6.54 Å². The van der Waals surface area contributed by atoms with Crippen molar-refractivity contribution < 1.29 is 4.79 Å². The SMILES string of the molecule is Cc1ccc(C(=O)NCc2ccc(N)cc2)cc1C. The predicted molar refractivity (Wildman–Crippen MR) is 77.9 cm³/mol. The van der Waals surface area contributed by atoms with Crippen LogP contribution in [0.3, 0.4) is 0 Å². The summed E-state index contributed by atoms with van der Waals surface area (Å²) in [5, 5.41) is 2.90. The van der Waals surface area contributed by atoms with Gasteiger partial charge >= 0.3 is 0 Å². The number of amides is 1. The van der Waals surface area contributed by atoms with Gasteiger partial charge in [-0.2, -0.15) is 0 Å². The van der Waals surface area contributed by atoms with Crippen molar-refractivity contribution in [2.75, 3.05) is 5.73 Å². The van der Waals surface area contributed by atoms with Gasteiger partial charge in [0.05, 0.1) is 0 Å². The molecular formula is C16H18N2O. The average molecular weight is 254 g/mol. The van der Waals surface area contributed by atoms with Gasteiger partial charge in [-0.1, -0.05) is 18.2 Å². The van der Waals surface area contributed by atoms with Gasteiger partial charge in [0.2, 0.25) is 0 Å². The van der Waals surface area contributed by atoms with Gasteiger partial charge in [-0.15, -0.1) is 0 Å². The van der Waals surface area contributed by atoms with Crippen LogP contribution < -0.4 is 11.1 Å². The van der Waals surface area contributed by atoms with Gasteiger partial charge in [0.1, 0.15) is 0 Å². The molecule has 0 aliphatic heterocycles. The van der Waals surface area contributed by atoms with Gasteiger partial charge < -0.3 is 11.1 Å². The van der Waals surface area contributed by atoms with Crippen molar-refractivity contribution in [3.05, 3.63) is 64.7 Å². The van der Waals surface area contributed by atoms with Crippen molar-refractivity contribution in [2.45, 2.75) is 20.4 Å². The van der Waals surface area contributed by atoms with Crippen LogP contribution in [0.15, 0.2) is 42.5 Å². The quantitative estimate of drug-likeness (QED) is 0.827. The number of nitrogens with one attached hydrogen (secondary N) is 1. The highest BCUT2D eigenvalue weighted by molar-refractivity contribution is 5.94. The highest BCUT2D eigenvalue weighted by Gasteiger charge is 2.06. The summed E-state index contributed by atoms with van der Waals surface area (Å²) in [5.74, 6) is -0.0556. The van der Waals surface area contributed by atoms with E-state index in [0.717, 1.165) is 16.8 Å². The van der Waals surface area contributed by atoms with Gasteiger partial charge in [0.25, 0.3) is 5.91 Å². The summed E-state index contributed by atoms with van der Waals surface area (Å²) in [6, 6.07) is 13.2. The number of anilines is 1. The fourth-order valence-electron chi connectivity index (χ4n) is 1.80. The van der Waals surface area contributed by atoms with Crippen molar-refractivity contribution in [1.29, 1.82) is 0 Å². The molecule has 0 unspecified atom stereocenters. The van der Waals surface area contributed by atoms with Gasteiger partial charge in [-0.3, -0.25) is 4.79 Å². The van der Waals surface area contributed by atoms with E-state index in [9.17, 15) is 4.79 Å². The molecule has 3 nitrogen and oxygen atoms in total. The molecule has 2 aromatic carbocycles. The fraction of sp³-hybridized carbons (Fsp3) is 0.188. The summed E-state index contributed by atoms with van der Waals surface area (Å²) in [5.41, 5.74) is 10.4. The maximum absolute atomic E-state index is 12.0. The molecule has 2 rings (SSSR count). The first-order chi connectivity index (χ1) is 9.06. The van der Waals surface area contributed by atoms with Gasteiger partial charge in [-0.25, -0.2) is 0 Å². The largest absolute Gasteiger partial charge is 0.399 e. The minimum atomic E-state index is -0.0556. The Labute approximate surface area is 113 Å². The predicted octanol–water partition coefficient (Wildman–Crippen LogP) is 2.82. The number of aryl methyl sites for hydroxylation is 2. The number of hydrogen-bond donors (Lipinski definition) is 2. The molecule has 0 aliphatic rings. The normalized spacial score (nSPS) is 10.2. The number of benzene rings is 2. The third kappa shape index (κ3) is 3.35. The molecule has 98 valence electrons. The monoisotopic (exact) mass is 254 g/mol. The Hall–Kier alpha value is -2.29. The minimum Gasteiger partial charge on any atom is -0.399 e. The molecule has 0 fully saturated rings. The van der Waals surface area contributed by atoms with E-state index < -0.39 is 0 Å². The highest BCUT2D eigenvalue weighted by atomic mass is 16.1. The molecule has 2 aromatic rings. The van der Waals surface area contributed by atoms with Gasteiger partial charge in [-0.05, 0) is 54.8 Å². The summed E-state index contributed by atoms with van der Waals surface area (Å²) in [7, 11) is 0. The van der Waals surface area contributed by atoms with Crippen molar-refractivity contribution in [3.8, 4) is 0 Å². The summed E-state index contributed by atoms with van der Waals surface area (Å²) in [4.78, 5) is 12.0. The molecule has 0 saturated carbocycles. The first-order valence-electron chi connectivity index (χ1n) is 6.26. The molecule has 3 heteroatoms. The number of carbonyl (C=O) groups excluding carboxylic acids is 1. The summed E-state index contributed by atoms with van der Waals surface area (Å²) < 4.78 is 0. The van der Waals surface area contributed by atoms with E-state index in [-0.39, 0.29) is 5.91 Å². The van der Waals surface area contributed by atoms with E-state index >= 15 is 0 Å². The van der Waals surface area contributed by atoms with Crippen LogP contribution in [0.2, 0.25) is 0 Å². The Kier molecular flexibility index (Phi) is 3.85. The Morgan fingerprint density at radius 3 is 2.37 bits per heavy atom. The molecule has 0 radical (unpaired) electrons. The molecule has 1 amide bonds. The standard InChI is InChI=1S/C16H18N2O/c1-11-3-6-14(9-12(11)2)16(19)18-10-13-4-7-15(17)8-5-13/h3-9H,10,17H2,1-2H3,(H,18,19). The Morgan fingerprint density at radius 2 is 1.74 bits per heavy atom. The molecule has 3 N–H and O–H groups in total. The molecule has 0 atom stereocenters. The zero-order valence-electron chi connectivity index (χ0n) is 11.2. The lowest BCUT2D eigenvalue weighted by atomic mass is 10.1. The van der Waals surface area contributed by atoms with Gasteiger partial charge in [0.15, 0.2) is 0 Å². The molecule has 0 aliphatic carbocycles. The van der Waals surface area contributed by atoms with E-state index in [1.807, 2.05) is 56.3 Å². The maximum atomic E-state index is 12.0.